The van der Waals surface area contributed by atoms with E-state index in [1.165, 1.54) is 16.4 Å². The summed E-state index contributed by atoms with van der Waals surface area (Å²) in [6, 6.07) is 14.3. The quantitative estimate of drug-likeness (QED) is 0.572. The number of nitrogens with zero attached hydrogens (tertiary/aromatic N) is 2. The predicted molar refractivity (Wildman–Crippen MR) is 124 cm³/mol. The molecular weight excluding hydrogens is 446 g/mol. The maximum absolute atomic E-state index is 12.8. The summed E-state index contributed by atoms with van der Waals surface area (Å²) in [5.41, 5.74) is 3.47. The van der Waals surface area contributed by atoms with Crippen molar-refractivity contribution in [2.24, 2.45) is 0 Å². The van der Waals surface area contributed by atoms with Crippen LogP contribution in [0.4, 0.5) is 0 Å². The molecule has 4 rings (SSSR count). The van der Waals surface area contributed by atoms with Gasteiger partial charge < -0.3 is 10.1 Å². The van der Waals surface area contributed by atoms with Gasteiger partial charge in [0.1, 0.15) is 0 Å². The third-order valence-corrected chi connectivity index (χ3v) is 7.94. The van der Waals surface area contributed by atoms with Gasteiger partial charge in [0.05, 0.1) is 28.8 Å². The summed E-state index contributed by atoms with van der Waals surface area (Å²) in [7, 11) is -3.64. The third kappa shape index (κ3) is 5.24. The number of carbonyl (C=O) groups is 1. The SMILES string of the molecule is Cc1nc(-c2ccc(CCNC(=O)c3cccc(S(=O)(=O)N4CCOCC4)c3)cc2)cs1. The molecule has 1 aliphatic heterocycles. The van der Waals surface area contributed by atoms with Crippen molar-refractivity contribution in [1.82, 2.24) is 14.6 Å². The number of morpholine rings is 1. The first kappa shape index (κ1) is 22.6. The van der Waals surface area contributed by atoms with Gasteiger partial charge in [-0.2, -0.15) is 4.31 Å². The molecule has 0 aliphatic carbocycles. The molecule has 1 aliphatic rings. The van der Waals surface area contributed by atoms with Crippen molar-refractivity contribution < 1.29 is 17.9 Å². The molecule has 2 aromatic carbocycles. The average molecular weight is 472 g/mol. The van der Waals surface area contributed by atoms with Crippen molar-refractivity contribution in [3.05, 3.63) is 70.0 Å². The second-order valence-corrected chi connectivity index (χ2v) is 10.5. The molecule has 7 nitrogen and oxygen atoms in total. The number of rotatable bonds is 7. The van der Waals surface area contributed by atoms with E-state index in [-0.39, 0.29) is 10.8 Å². The Labute approximate surface area is 192 Å². The highest BCUT2D eigenvalue weighted by Crippen LogP contribution is 2.22. The summed E-state index contributed by atoms with van der Waals surface area (Å²) in [4.78, 5) is 17.2. The van der Waals surface area contributed by atoms with Crippen molar-refractivity contribution in [1.29, 1.82) is 0 Å². The summed E-state index contributed by atoms with van der Waals surface area (Å²) < 4.78 is 32.3. The molecule has 1 N–H and O–H groups in total. The summed E-state index contributed by atoms with van der Waals surface area (Å²) in [6.45, 7) is 3.83. The van der Waals surface area contributed by atoms with E-state index in [0.717, 1.165) is 21.8 Å². The van der Waals surface area contributed by atoms with Crippen molar-refractivity contribution in [3.63, 3.8) is 0 Å². The molecule has 1 saturated heterocycles. The molecule has 1 fully saturated rings. The van der Waals surface area contributed by atoms with Gasteiger partial charge in [-0.25, -0.2) is 13.4 Å². The van der Waals surface area contributed by atoms with Gasteiger partial charge in [0.25, 0.3) is 5.91 Å². The van der Waals surface area contributed by atoms with Crippen LogP contribution in [0.3, 0.4) is 0 Å². The number of ether oxygens (including phenoxy) is 1. The number of aromatic nitrogens is 1. The molecule has 0 radical (unpaired) electrons. The molecule has 0 spiro atoms. The van der Waals surface area contributed by atoms with E-state index in [1.54, 1.807) is 23.5 Å². The molecule has 168 valence electrons. The van der Waals surface area contributed by atoms with Crippen LogP contribution < -0.4 is 5.32 Å². The van der Waals surface area contributed by atoms with Crippen LogP contribution in [0.5, 0.6) is 0 Å². The second kappa shape index (κ2) is 9.91. The van der Waals surface area contributed by atoms with Gasteiger partial charge in [-0.1, -0.05) is 30.3 Å². The summed E-state index contributed by atoms with van der Waals surface area (Å²) in [5, 5.41) is 5.95. The van der Waals surface area contributed by atoms with Crippen LogP contribution >= 0.6 is 11.3 Å². The molecule has 9 heteroatoms. The molecule has 0 unspecified atom stereocenters. The highest BCUT2D eigenvalue weighted by atomic mass is 32.2. The minimum atomic E-state index is -3.64. The fourth-order valence-corrected chi connectivity index (χ4v) is 5.57. The van der Waals surface area contributed by atoms with Gasteiger partial charge in [0.15, 0.2) is 0 Å². The lowest BCUT2D eigenvalue weighted by atomic mass is 10.1. The van der Waals surface area contributed by atoms with Crippen molar-refractivity contribution in [2.75, 3.05) is 32.8 Å². The zero-order valence-corrected chi connectivity index (χ0v) is 19.4. The Balaban J connectivity index is 1.35. The average Bonchev–Trinajstić information content (AvgIpc) is 3.26. The van der Waals surface area contributed by atoms with Crippen LogP contribution in [0.15, 0.2) is 58.8 Å². The van der Waals surface area contributed by atoms with E-state index < -0.39 is 10.0 Å². The lowest BCUT2D eigenvalue weighted by Gasteiger charge is -2.26. The number of carbonyl (C=O) groups excluding carboxylic acids is 1. The van der Waals surface area contributed by atoms with Crippen LogP contribution in [0.2, 0.25) is 0 Å². The van der Waals surface area contributed by atoms with E-state index in [9.17, 15) is 13.2 Å². The van der Waals surface area contributed by atoms with Crippen LogP contribution in [0, 0.1) is 6.92 Å². The first-order chi connectivity index (χ1) is 15.4. The maximum atomic E-state index is 12.8. The minimum absolute atomic E-state index is 0.125. The van der Waals surface area contributed by atoms with E-state index in [0.29, 0.717) is 44.8 Å². The largest absolute Gasteiger partial charge is 0.379 e. The molecule has 2 heterocycles. The fraction of sp³-hybridized carbons (Fsp3) is 0.304. The molecule has 0 bridgehead atoms. The van der Waals surface area contributed by atoms with E-state index >= 15 is 0 Å². The smallest absolute Gasteiger partial charge is 0.251 e. The molecular formula is C23H25N3O4S2. The number of hydrogen-bond acceptors (Lipinski definition) is 6. The normalized spacial score (nSPS) is 14.9. The lowest BCUT2D eigenvalue weighted by molar-refractivity contribution is 0.0730. The van der Waals surface area contributed by atoms with Crippen molar-refractivity contribution in [3.8, 4) is 11.3 Å². The Hall–Kier alpha value is -2.59. The standard InChI is InChI=1S/C23H25N3O4S2/c1-17-25-22(16-31-17)19-7-5-18(6-8-19)9-10-24-23(27)20-3-2-4-21(15-20)32(28,29)26-11-13-30-14-12-26/h2-8,15-16H,9-14H2,1H3,(H,24,27). The van der Waals surface area contributed by atoms with Crippen LogP contribution in [-0.2, 0) is 21.2 Å². The fourth-order valence-electron chi connectivity index (χ4n) is 3.49. The number of nitrogens with one attached hydrogen (secondary N) is 1. The second-order valence-electron chi connectivity index (χ2n) is 7.50. The van der Waals surface area contributed by atoms with E-state index in [1.807, 2.05) is 36.6 Å². The highest BCUT2D eigenvalue weighted by molar-refractivity contribution is 7.89. The summed E-state index contributed by atoms with van der Waals surface area (Å²) >= 11 is 1.62. The van der Waals surface area contributed by atoms with Gasteiger partial charge in [-0.15, -0.1) is 11.3 Å². The van der Waals surface area contributed by atoms with E-state index in [2.05, 4.69) is 10.3 Å². The minimum Gasteiger partial charge on any atom is -0.379 e. The van der Waals surface area contributed by atoms with Crippen LogP contribution in [-0.4, -0.2) is 56.5 Å². The molecule has 0 atom stereocenters. The Morgan fingerprint density at radius 2 is 1.91 bits per heavy atom. The van der Waals surface area contributed by atoms with E-state index in [4.69, 9.17) is 4.74 Å². The first-order valence-corrected chi connectivity index (χ1v) is 12.7. The summed E-state index contributed by atoms with van der Waals surface area (Å²) in [6.07, 6.45) is 0.674. The van der Waals surface area contributed by atoms with Gasteiger partial charge in [-0.05, 0) is 37.1 Å². The molecule has 0 saturated carbocycles. The Kier molecular flexibility index (Phi) is 7.00. The molecule has 3 aromatic rings. The van der Waals surface area contributed by atoms with Crippen molar-refractivity contribution in [2.45, 2.75) is 18.2 Å². The Bertz CT molecular complexity index is 1180. The zero-order valence-electron chi connectivity index (χ0n) is 17.8. The Morgan fingerprint density at radius 1 is 1.16 bits per heavy atom. The molecule has 1 amide bonds. The highest BCUT2D eigenvalue weighted by Gasteiger charge is 2.26. The number of amides is 1. The first-order valence-electron chi connectivity index (χ1n) is 10.4. The lowest BCUT2D eigenvalue weighted by Crippen LogP contribution is -2.40. The van der Waals surface area contributed by atoms with Crippen LogP contribution in [0.25, 0.3) is 11.3 Å². The number of aryl methyl sites for hydroxylation is 1. The molecule has 1 aromatic heterocycles. The van der Waals surface area contributed by atoms with Gasteiger partial charge in [0, 0.05) is 36.1 Å². The Morgan fingerprint density at radius 3 is 2.59 bits per heavy atom. The zero-order chi connectivity index (χ0) is 22.6. The van der Waals surface area contributed by atoms with Gasteiger partial charge in [0.2, 0.25) is 10.0 Å². The third-order valence-electron chi connectivity index (χ3n) is 5.27. The summed E-state index contributed by atoms with van der Waals surface area (Å²) in [5.74, 6) is -0.293. The number of sulfonamides is 1. The number of thiazole rings is 1. The predicted octanol–water partition coefficient (Wildman–Crippen LogP) is 3.11. The molecule has 32 heavy (non-hydrogen) atoms. The number of benzene rings is 2. The maximum Gasteiger partial charge on any atom is 0.251 e. The van der Waals surface area contributed by atoms with Gasteiger partial charge >= 0.3 is 0 Å². The van der Waals surface area contributed by atoms with Gasteiger partial charge in [-0.3, -0.25) is 4.79 Å². The topological polar surface area (TPSA) is 88.6 Å². The number of hydrogen-bond donors (Lipinski definition) is 1. The van der Waals surface area contributed by atoms with Crippen molar-refractivity contribution >= 4 is 27.3 Å². The monoisotopic (exact) mass is 471 g/mol. The van der Waals surface area contributed by atoms with Crippen LogP contribution in [0.1, 0.15) is 20.9 Å².